The molecule has 35 heavy (non-hydrogen) atoms. The third-order valence-electron chi connectivity index (χ3n) is 6.96. The van der Waals surface area contributed by atoms with E-state index in [1.807, 2.05) is 24.3 Å². The Bertz CT molecular complexity index is 1070. The molecule has 2 heterocycles. The Morgan fingerprint density at radius 2 is 1.83 bits per heavy atom. The molecular weight excluding hydrogens is 448 g/mol. The van der Waals surface area contributed by atoms with Crippen molar-refractivity contribution in [2.75, 3.05) is 13.7 Å². The number of benzene rings is 1. The first kappa shape index (κ1) is 24.8. The predicted molar refractivity (Wildman–Crippen MR) is 129 cm³/mol. The van der Waals surface area contributed by atoms with Crippen LogP contribution in [0.1, 0.15) is 78.9 Å². The van der Waals surface area contributed by atoms with E-state index in [0.717, 1.165) is 31.2 Å². The predicted octanol–water partition coefficient (Wildman–Crippen LogP) is 3.32. The van der Waals surface area contributed by atoms with Crippen molar-refractivity contribution in [3.63, 3.8) is 0 Å². The summed E-state index contributed by atoms with van der Waals surface area (Å²) in [7, 11) is 1.60. The molecule has 1 unspecified atom stereocenters. The van der Waals surface area contributed by atoms with Crippen LogP contribution in [0.2, 0.25) is 0 Å². The van der Waals surface area contributed by atoms with E-state index in [1.165, 1.54) is 23.6 Å². The van der Waals surface area contributed by atoms with E-state index in [-0.39, 0.29) is 48.9 Å². The first-order valence-electron chi connectivity index (χ1n) is 12.4. The van der Waals surface area contributed by atoms with Gasteiger partial charge in [-0.3, -0.25) is 14.3 Å². The molecule has 1 atom stereocenters. The number of carbonyl (C=O) groups excluding carboxylic acids is 3. The Morgan fingerprint density at radius 1 is 1.14 bits per heavy atom. The molecule has 9 heteroatoms. The van der Waals surface area contributed by atoms with E-state index in [0.29, 0.717) is 5.75 Å². The van der Waals surface area contributed by atoms with Gasteiger partial charge in [-0.1, -0.05) is 37.8 Å². The van der Waals surface area contributed by atoms with Gasteiger partial charge in [0.25, 0.3) is 5.91 Å². The number of amides is 2. The molecule has 2 aromatic rings. The zero-order chi connectivity index (χ0) is 25.0. The highest BCUT2D eigenvalue weighted by Crippen LogP contribution is 2.31. The molecular formula is C26H34N4O5. The van der Waals surface area contributed by atoms with Crippen LogP contribution in [-0.4, -0.2) is 57.8 Å². The second kappa shape index (κ2) is 10.5. The molecule has 0 spiro atoms. The molecule has 1 aliphatic heterocycles. The zero-order valence-electron chi connectivity index (χ0n) is 20.7. The molecule has 4 rings (SSSR count). The minimum atomic E-state index is -1.19. The second-order valence-corrected chi connectivity index (χ2v) is 9.47. The molecule has 1 aromatic heterocycles. The summed E-state index contributed by atoms with van der Waals surface area (Å²) in [5, 5.41) is 7.54. The number of nitrogens with one attached hydrogen (secondary N) is 1. The van der Waals surface area contributed by atoms with Gasteiger partial charge in [0.15, 0.2) is 5.69 Å². The van der Waals surface area contributed by atoms with Crippen molar-refractivity contribution in [3.05, 3.63) is 47.3 Å². The number of hydrogen-bond acceptors (Lipinski definition) is 6. The monoisotopic (exact) mass is 482 g/mol. The van der Waals surface area contributed by atoms with Gasteiger partial charge in [0, 0.05) is 18.7 Å². The number of ether oxygens (including phenoxy) is 2. The van der Waals surface area contributed by atoms with Crippen molar-refractivity contribution in [3.8, 4) is 5.75 Å². The summed E-state index contributed by atoms with van der Waals surface area (Å²) in [4.78, 5) is 41.3. The SMILES string of the molecule is CCOC(=O)c1cc2n(n1)CC(C)(C(=O)NC1CCCCCC1)N(Cc1ccc(OC)cc1)C2=O. The molecule has 188 valence electrons. The highest BCUT2D eigenvalue weighted by Gasteiger charge is 2.48. The fourth-order valence-electron chi connectivity index (χ4n) is 4.87. The maximum Gasteiger partial charge on any atom is 0.358 e. The minimum Gasteiger partial charge on any atom is -0.497 e. The number of nitrogens with zero attached hydrogens (tertiary/aromatic N) is 3. The number of fused-ring (bicyclic) bond motifs is 1. The lowest BCUT2D eigenvalue weighted by atomic mass is 9.93. The van der Waals surface area contributed by atoms with Crippen LogP contribution >= 0.6 is 0 Å². The van der Waals surface area contributed by atoms with Crippen molar-refractivity contribution < 1.29 is 23.9 Å². The Kier molecular flexibility index (Phi) is 7.42. The number of rotatable bonds is 7. The van der Waals surface area contributed by atoms with Crippen molar-refractivity contribution in [1.82, 2.24) is 20.0 Å². The largest absolute Gasteiger partial charge is 0.497 e. The van der Waals surface area contributed by atoms with Crippen LogP contribution in [0, 0.1) is 0 Å². The van der Waals surface area contributed by atoms with E-state index in [4.69, 9.17) is 9.47 Å². The molecule has 1 aliphatic carbocycles. The van der Waals surface area contributed by atoms with Gasteiger partial charge in [0.2, 0.25) is 5.91 Å². The molecule has 1 aromatic carbocycles. The highest BCUT2D eigenvalue weighted by molar-refractivity contribution is 6.01. The molecule has 0 bridgehead atoms. The lowest BCUT2D eigenvalue weighted by molar-refractivity contribution is -0.134. The summed E-state index contributed by atoms with van der Waals surface area (Å²) in [5.74, 6) is -0.433. The normalized spacial score (nSPS) is 20.7. The number of carbonyl (C=O) groups is 3. The van der Waals surface area contributed by atoms with E-state index in [2.05, 4.69) is 10.4 Å². The molecule has 2 aliphatic rings. The van der Waals surface area contributed by atoms with Gasteiger partial charge in [0.05, 0.1) is 20.3 Å². The summed E-state index contributed by atoms with van der Waals surface area (Å²) in [6.07, 6.45) is 6.41. The summed E-state index contributed by atoms with van der Waals surface area (Å²) >= 11 is 0. The van der Waals surface area contributed by atoms with Crippen LogP contribution in [0.5, 0.6) is 5.75 Å². The lowest BCUT2D eigenvalue weighted by Crippen LogP contribution is -2.64. The van der Waals surface area contributed by atoms with Crippen LogP contribution in [0.15, 0.2) is 30.3 Å². The van der Waals surface area contributed by atoms with Gasteiger partial charge < -0.3 is 19.7 Å². The van der Waals surface area contributed by atoms with Crippen molar-refractivity contribution >= 4 is 17.8 Å². The third-order valence-corrected chi connectivity index (χ3v) is 6.96. The minimum absolute atomic E-state index is 0.0630. The van der Waals surface area contributed by atoms with E-state index in [1.54, 1.807) is 25.9 Å². The fourth-order valence-corrected chi connectivity index (χ4v) is 4.87. The van der Waals surface area contributed by atoms with Crippen molar-refractivity contribution in [2.24, 2.45) is 0 Å². The van der Waals surface area contributed by atoms with Crippen LogP contribution in [0.4, 0.5) is 0 Å². The summed E-state index contributed by atoms with van der Waals surface area (Å²) in [5.41, 5.74) is 0.00871. The highest BCUT2D eigenvalue weighted by atomic mass is 16.5. The average Bonchev–Trinajstić information content (AvgIpc) is 3.11. The Hall–Kier alpha value is -3.36. The second-order valence-electron chi connectivity index (χ2n) is 9.47. The third kappa shape index (κ3) is 5.18. The average molecular weight is 483 g/mol. The van der Waals surface area contributed by atoms with Gasteiger partial charge >= 0.3 is 5.97 Å². The zero-order valence-corrected chi connectivity index (χ0v) is 20.7. The Balaban J connectivity index is 1.66. The molecule has 0 saturated heterocycles. The van der Waals surface area contributed by atoms with Gasteiger partial charge in [0.1, 0.15) is 17.0 Å². The van der Waals surface area contributed by atoms with Crippen molar-refractivity contribution in [1.29, 1.82) is 0 Å². The van der Waals surface area contributed by atoms with Gasteiger partial charge in [-0.15, -0.1) is 0 Å². The summed E-state index contributed by atoms with van der Waals surface area (Å²) in [6, 6.07) is 8.96. The number of aromatic nitrogens is 2. The topological polar surface area (TPSA) is 103 Å². The molecule has 0 radical (unpaired) electrons. The summed E-state index contributed by atoms with van der Waals surface area (Å²) < 4.78 is 11.8. The maximum absolute atomic E-state index is 13.7. The molecule has 1 fully saturated rings. The van der Waals surface area contributed by atoms with Gasteiger partial charge in [-0.05, 0) is 44.4 Å². The first-order valence-corrected chi connectivity index (χ1v) is 12.4. The van der Waals surface area contributed by atoms with E-state index >= 15 is 0 Å². The van der Waals surface area contributed by atoms with E-state index < -0.39 is 11.5 Å². The quantitative estimate of drug-likeness (QED) is 0.480. The Labute approximate surface area is 205 Å². The molecule has 1 saturated carbocycles. The van der Waals surface area contributed by atoms with Gasteiger partial charge in [-0.2, -0.15) is 5.10 Å². The van der Waals surface area contributed by atoms with Crippen molar-refractivity contribution in [2.45, 2.75) is 77.0 Å². The number of esters is 1. The molecule has 2 amide bonds. The van der Waals surface area contributed by atoms with E-state index in [9.17, 15) is 14.4 Å². The molecule has 1 N–H and O–H groups in total. The number of methoxy groups -OCH3 is 1. The Morgan fingerprint density at radius 3 is 2.46 bits per heavy atom. The number of hydrogen-bond donors (Lipinski definition) is 1. The lowest BCUT2D eigenvalue weighted by Gasteiger charge is -2.44. The summed E-state index contributed by atoms with van der Waals surface area (Å²) in [6.45, 7) is 4.07. The standard InChI is InChI=1S/C26H34N4O5/c1-4-35-24(32)21-15-22-23(31)29(16-18-11-13-20(34-3)14-12-18)26(2,17-30(22)28-21)25(33)27-19-9-7-5-6-8-10-19/h11-15,19H,4-10,16-17H2,1-3H3,(H,27,33). The van der Waals surface area contributed by atoms with Crippen LogP contribution in [0.25, 0.3) is 0 Å². The van der Waals surface area contributed by atoms with Gasteiger partial charge in [-0.25, -0.2) is 4.79 Å². The molecule has 9 nitrogen and oxygen atoms in total. The van der Waals surface area contributed by atoms with Crippen LogP contribution in [0.3, 0.4) is 0 Å². The smallest absolute Gasteiger partial charge is 0.358 e. The first-order chi connectivity index (χ1) is 16.9. The van der Waals surface area contributed by atoms with Crippen LogP contribution < -0.4 is 10.1 Å². The maximum atomic E-state index is 13.7. The fraction of sp³-hybridized carbons (Fsp3) is 0.538. The van der Waals surface area contributed by atoms with Crippen LogP contribution in [-0.2, 0) is 22.6 Å².